The highest BCUT2D eigenvalue weighted by atomic mass is 16.2. The van der Waals surface area contributed by atoms with Crippen molar-refractivity contribution in [2.75, 3.05) is 13.2 Å². The second kappa shape index (κ2) is 4.95. The van der Waals surface area contributed by atoms with Gasteiger partial charge in [-0.2, -0.15) is 0 Å². The lowest BCUT2D eigenvalue weighted by atomic mass is 10.1. The molecule has 0 unspecified atom stereocenters. The summed E-state index contributed by atoms with van der Waals surface area (Å²) in [4.78, 5) is 3.16. The van der Waals surface area contributed by atoms with Gasteiger partial charge in [0.1, 0.15) is 0 Å². The molecule has 1 rings (SSSR count). The fourth-order valence-corrected chi connectivity index (χ4v) is 1.31. The number of aromatic amines is 1. The SMILES string of the molecule is NCCc1cc[nH]c1CCCO. The smallest absolute Gasteiger partial charge is 0.0434 e. The summed E-state index contributed by atoms with van der Waals surface area (Å²) < 4.78 is 0. The van der Waals surface area contributed by atoms with Crippen LogP contribution in [0.3, 0.4) is 0 Å². The normalized spacial score (nSPS) is 10.5. The highest BCUT2D eigenvalue weighted by Crippen LogP contribution is 2.08. The monoisotopic (exact) mass is 168 g/mol. The molecule has 0 spiro atoms. The number of H-pyrrole nitrogens is 1. The predicted octanol–water partition coefficient (Wildman–Crippen LogP) is 0.441. The Morgan fingerprint density at radius 1 is 1.42 bits per heavy atom. The maximum absolute atomic E-state index is 8.65. The van der Waals surface area contributed by atoms with Gasteiger partial charge in [0.25, 0.3) is 0 Å². The highest BCUT2D eigenvalue weighted by Gasteiger charge is 2.01. The number of nitrogens with one attached hydrogen (secondary N) is 1. The summed E-state index contributed by atoms with van der Waals surface area (Å²) in [6.07, 6.45) is 4.58. The van der Waals surface area contributed by atoms with E-state index < -0.39 is 0 Å². The van der Waals surface area contributed by atoms with E-state index in [4.69, 9.17) is 10.8 Å². The van der Waals surface area contributed by atoms with Gasteiger partial charge >= 0.3 is 0 Å². The fourth-order valence-electron chi connectivity index (χ4n) is 1.31. The van der Waals surface area contributed by atoms with Crippen LogP contribution in [0.1, 0.15) is 17.7 Å². The lowest BCUT2D eigenvalue weighted by Gasteiger charge is -2.00. The lowest BCUT2D eigenvalue weighted by Crippen LogP contribution is -2.04. The molecule has 68 valence electrons. The Bertz CT molecular complexity index is 220. The molecule has 0 saturated heterocycles. The highest BCUT2D eigenvalue weighted by molar-refractivity contribution is 5.20. The minimum absolute atomic E-state index is 0.251. The third-order valence-corrected chi connectivity index (χ3v) is 1.93. The number of aryl methyl sites for hydroxylation is 1. The zero-order valence-electron chi connectivity index (χ0n) is 7.21. The average Bonchev–Trinajstić information content (AvgIpc) is 2.50. The van der Waals surface area contributed by atoms with Gasteiger partial charge in [-0.15, -0.1) is 0 Å². The molecule has 0 amide bonds. The summed E-state index contributed by atoms with van der Waals surface area (Å²) in [6.45, 7) is 0.936. The van der Waals surface area contributed by atoms with E-state index in [9.17, 15) is 0 Å². The number of nitrogens with two attached hydrogens (primary N) is 1. The van der Waals surface area contributed by atoms with Gasteiger partial charge in [0.05, 0.1) is 0 Å². The molecule has 4 N–H and O–H groups in total. The Balaban J connectivity index is 2.51. The number of hydrogen-bond acceptors (Lipinski definition) is 2. The van der Waals surface area contributed by atoms with E-state index in [1.54, 1.807) is 0 Å². The first-order valence-electron chi connectivity index (χ1n) is 4.34. The maximum atomic E-state index is 8.65. The van der Waals surface area contributed by atoms with Crippen LogP contribution >= 0.6 is 0 Å². The van der Waals surface area contributed by atoms with Crippen LogP contribution in [-0.2, 0) is 12.8 Å². The molecule has 3 heteroatoms. The van der Waals surface area contributed by atoms with Crippen molar-refractivity contribution >= 4 is 0 Å². The topological polar surface area (TPSA) is 62.0 Å². The van der Waals surface area contributed by atoms with Crippen molar-refractivity contribution in [3.63, 3.8) is 0 Å². The molecule has 0 saturated carbocycles. The Morgan fingerprint density at radius 2 is 2.25 bits per heavy atom. The van der Waals surface area contributed by atoms with Gasteiger partial charge in [-0.25, -0.2) is 0 Å². The summed E-state index contributed by atoms with van der Waals surface area (Å²) in [6, 6.07) is 2.06. The van der Waals surface area contributed by atoms with E-state index in [0.29, 0.717) is 6.54 Å². The van der Waals surface area contributed by atoms with Gasteiger partial charge in [0.15, 0.2) is 0 Å². The molecular weight excluding hydrogens is 152 g/mol. The third-order valence-electron chi connectivity index (χ3n) is 1.93. The molecule has 12 heavy (non-hydrogen) atoms. The zero-order valence-corrected chi connectivity index (χ0v) is 7.21. The van der Waals surface area contributed by atoms with E-state index in [1.807, 2.05) is 6.20 Å². The number of rotatable bonds is 5. The van der Waals surface area contributed by atoms with Gasteiger partial charge in [-0.3, -0.25) is 0 Å². The molecule has 0 bridgehead atoms. The Hall–Kier alpha value is -0.800. The first kappa shape index (κ1) is 9.29. The first-order chi connectivity index (χ1) is 5.88. The lowest BCUT2D eigenvalue weighted by molar-refractivity contribution is 0.288. The van der Waals surface area contributed by atoms with Crippen LogP contribution in [0.15, 0.2) is 12.3 Å². The molecule has 0 aliphatic heterocycles. The zero-order chi connectivity index (χ0) is 8.81. The van der Waals surface area contributed by atoms with Crippen molar-refractivity contribution in [2.45, 2.75) is 19.3 Å². The number of aliphatic hydroxyl groups is 1. The van der Waals surface area contributed by atoms with E-state index in [-0.39, 0.29) is 6.61 Å². The Labute approximate surface area is 72.6 Å². The Kier molecular flexibility index (Phi) is 3.84. The summed E-state index contributed by atoms with van der Waals surface area (Å²) in [7, 11) is 0. The average molecular weight is 168 g/mol. The number of aliphatic hydroxyl groups excluding tert-OH is 1. The van der Waals surface area contributed by atoms with Gasteiger partial charge in [-0.1, -0.05) is 0 Å². The molecule has 0 aliphatic carbocycles. The number of aromatic nitrogens is 1. The second-order valence-electron chi connectivity index (χ2n) is 2.85. The molecular formula is C9H16N2O. The second-order valence-corrected chi connectivity index (χ2v) is 2.85. The molecule has 0 radical (unpaired) electrons. The van der Waals surface area contributed by atoms with Crippen molar-refractivity contribution in [1.29, 1.82) is 0 Å². The van der Waals surface area contributed by atoms with Crippen molar-refractivity contribution < 1.29 is 5.11 Å². The van der Waals surface area contributed by atoms with Gasteiger partial charge in [0, 0.05) is 18.5 Å². The van der Waals surface area contributed by atoms with Crippen LogP contribution in [0.2, 0.25) is 0 Å². The van der Waals surface area contributed by atoms with Gasteiger partial charge in [0.2, 0.25) is 0 Å². The van der Waals surface area contributed by atoms with Crippen molar-refractivity contribution in [1.82, 2.24) is 4.98 Å². The minimum atomic E-state index is 0.251. The quantitative estimate of drug-likeness (QED) is 0.597. The molecule has 1 heterocycles. The summed E-state index contributed by atoms with van der Waals surface area (Å²) >= 11 is 0. The standard InChI is InChI=1S/C9H16N2O/c10-5-3-8-4-6-11-9(8)2-1-7-12/h4,6,11-12H,1-3,5,7,10H2. The maximum Gasteiger partial charge on any atom is 0.0434 e. The van der Waals surface area contributed by atoms with Crippen molar-refractivity contribution in [2.24, 2.45) is 5.73 Å². The van der Waals surface area contributed by atoms with Crippen molar-refractivity contribution in [3.8, 4) is 0 Å². The van der Waals surface area contributed by atoms with Crippen LogP contribution in [0, 0.1) is 0 Å². The van der Waals surface area contributed by atoms with E-state index in [2.05, 4.69) is 11.1 Å². The van der Waals surface area contributed by atoms with Crippen molar-refractivity contribution in [3.05, 3.63) is 23.5 Å². The molecule has 0 aromatic carbocycles. The van der Waals surface area contributed by atoms with Crippen LogP contribution in [-0.4, -0.2) is 23.2 Å². The molecule has 0 atom stereocenters. The molecule has 3 nitrogen and oxygen atoms in total. The van der Waals surface area contributed by atoms with Crippen LogP contribution in [0.25, 0.3) is 0 Å². The molecule has 1 aromatic heterocycles. The van der Waals surface area contributed by atoms with E-state index in [1.165, 1.54) is 11.3 Å². The Morgan fingerprint density at radius 3 is 2.92 bits per heavy atom. The third kappa shape index (κ3) is 2.36. The number of hydrogen-bond donors (Lipinski definition) is 3. The molecule has 0 fully saturated rings. The summed E-state index contributed by atoms with van der Waals surface area (Å²) in [5.74, 6) is 0. The minimum Gasteiger partial charge on any atom is -0.396 e. The van der Waals surface area contributed by atoms with Crippen LogP contribution in [0.5, 0.6) is 0 Å². The van der Waals surface area contributed by atoms with Gasteiger partial charge in [-0.05, 0) is 37.4 Å². The largest absolute Gasteiger partial charge is 0.396 e. The van der Waals surface area contributed by atoms with Gasteiger partial charge < -0.3 is 15.8 Å². The summed E-state index contributed by atoms with van der Waals surface area (Å²) in [5.41, 5.74) is 7.95. The van der Waals surface area contributed by atoms with E-state index >= 15 is 0 Å². The summed E-state index contributed by atoms with van der Waals surface area (Å²) in [5, 5.41) is 8.65. The first-order valence-corrected chi connectivity index (χ1v) is 4.34. The fraction of sp³-hybridized carbons (Fsp3) is 0.556. The molecule has 0 aliphatic rings. The van der Waals surface area contributed by atoms with Crippen LogP contribution in [0.4, 0.5) is 0 Å². The predicted molar refractivity (Wildman–Crippen MR) is 49.0 cm³/mol. The van der Waals surface area contributed by atoms with E-state index in [0.717, 1.165) is 19.3 Å². The van der Waals surface area contributed by atoms with Crippen LogP contribution < -0.4 is 5.73 Å². The molecule has 1 aromatic rings.